The fourth-order valence-electron chi connectivity index (χ4n) is 2.77. The molecule has 2 unspecified atom stereocenters. The number of nitrogens with two attached hydrogens (primary N) is 1. The molecule has 1 heterocycles. The van der Waals surface area contributed by atoms with E-state index in [2.05, 4.69) is 23.9 Å². The van der Waals surface area contributed by atoms with Crippen molar-refractivity contribution in [3.8, 4) is 0 Å². The number of rotatable bonds is 5. The lowest BCUT2D eigenvalue weighted by molar-refractivity contribution is 0.0118. The Kier molecular flexibility index (Phi) is 4.58. The van der Waals surface area contributed by atoms with Gasteiger partial charge in [-0.1, -0.05) is 30.3 Å². The van der Waals surface area contributed by atoms with Crippen LogP contribution >= 0.6 is 0 Å². The Bertz CT molecular complexity index is 396. The number of β-amino-alcohol motifs (C(OH)–C–C–N with tert-alkyl or cyclic N) is 1. The fraction of sp³-hybridized carbons (Fsp3) is 0.600. The molecular weight excluding hydrogens is 238 g/mol. The molecule has 0 bridgehead atoms. The maximum Gasteiger partial charge on any atom is 0.114 e. The first-order chi connectivity index (χ1) is 9.05. The average Bonchev–Trinajstić information content (AvgIpc) is 2.88. The van der Waals surface area contributed by atoms with E-state index in [0.29, 0.717) is 12.6 Å². The third-order valence-electron chi connectivity index (χ3n) is 4.11. The quantitative estimate of drug-likeness (QED) is 0.811. The summed E-state index contributed by atoms with van der Waals surface area (Å²) in [4.78, 5) is 4.56. The lowest BCUT2D eigenvalue weighted by atomic mass is 9.93. The molecule has 0 spiro atoms. The number of hydrogen-bond acceptors (Lipinski definition) is 4. The summed E-state index contributed by atoms with van der Waals surface area (Å²) >= 11 is 0. The average molecular weight is 263 g/mol. The van der Waals surface area contributed by atoms with Gasteiger partial charge in [-0.05, 0) is 32.6 Å². The Morgan fingerprint density at radius 1 is 1.37 bits per heavy atom. The van der Waals surface area contributed by atoms with Crippen molar-refractivity contribution in [3.05, 3.63) is 35.9 Å². The largest absolute Gasteiger partial charge is 0.382 e. The summed E-state index contributed by atoms with van der Waals surface area (Å²) in [5, 5.41) is 10.8. The van der Waals surface area contributed by atoms with E-state index in [0.717, 1.165) is 25.1 Å². The highest BCUT2D eigenvalue weighted by atomic mass is 16.3. The van der Waals surface area contributed by atoms with E-state index in [9.17, 15) is 5.11 Å². The highest BCUT2D eigenvalue weighted by Gasteiger charge is 2.33. The topological polar surface area (TPSA) is 52.7 Å². The highest BCUT2D eigenvalue weighted by molar-refractivity contribution is 5.23. The monoisotopic (exact) mass is 263 g/mol. The first-order valence-electron chi connectivity index (χ1n) is 6.92. The van der Waals surface area contributed by atoms with Crippen LogP contribution in [0.3, 0.4) is 0 Å². The Hall–Kier alpha value is -0.940. The van der Waals surface area contributed by atoms with E-state index in [1.807, 2.05) is 30.3 Å². The molecule has 19 heavy (non-hydrogen) atoms. The molecule has 3 N–H and O–H groups in total. The molecule has 1 fully saturated rings. The van der Waals surface area contributed by atoms with Crippen LogP contribution in [0.5, 0.6) is 0 Å². The summed E-state index contributed by atoms with van der Waals surface area (Å²) in [5.74, 6) is 0. The molecule has 4 nitrogen and oxygen atoms in total. The predicted molar refractivity (Wildman–Crippen MR) is 77.9 cm³/mol. The molecule has 0 amide bonds. The Morgan fingerprint density at radius 3 is 2.58 bits per heavy atom. The van der Waals surface area contributed by atoms with Crippen molar-refractivity contribution in [3.63, 3.8) is 0 Å². The minimum Gasteiger partial charge on any atom is -0.382 e. The smallest absolute Gasteiger partial charge is 0.114 e. The van der Waals surface area contributed by atoms with Crippen molar-refractivity contribution in [2.45, 2.75) is 18.1 Å². The summed E-state index contributed by atoms with van der Waals surface area (Å²) in [6, 6.07) is 10.3. The van der Waals surface area contributed by atoms with Gasteiger partial charge < -0.3 is 15.7 Å². The van der Waals surface area contributed by atoms with Crippen LogP contribution in [-0.4, -0.2) is 61.2 Å². The summed E-state index contributed by atoms with van der Waals surface area (Å²) in [5.41, 5.74) is 5.79. The van der Waals surface area contributed by atoms with Crippen LogP contribution in [-0.2, 0) is 5.60 Å². The Balaban J connectivity index is 2.04. The van der Waals surface area contributed by atoms with Gasteiger partial charge in [0, 0.05) is 25.7 Å². The van der Waals surface area contributed by atoms with Crippen molar-refractivity contribution in [2.75, 3.05) is 40.3 Å². The molecule has 2 rings (SSSR count). The van der Waals surface area contributed by atoms with Crippen LogP contribution in [0.1, 0.15) is 12.0 Å². The van der Waals surface area contributed by atoms with E-state index in [4.69, 9.17) is 5.73 Å². The van der Waals surface area contributed by atoms with Gasteiger partial charge in [-0.25, -0.2) is 0 Å². The molecule has 2 atom stereocenters. The highest BCUT2D eigenvalue weighted by Crippen LogP contribution is 2.24. The van der Waals surface area contributed by atoms with Crippen molar-refractivity contribution in [1.82, 2.24) is 9.80 Å². The van der Waals surface area contributed by atoms with Gasteiger partial charge >= 0.3 is 0 Å². The predicted octanol–water partition coefficient (Wildman–Crippen LogP) is 0.469. The molecular formula is C15H25N3O. The Morgan fingerprint density at radius 2 is 2.05 bits per heavy atom. The van der Waals surface area contributed by atoms with Gasteiger partial charge in [0.2, 0.25) is 0 Å². The minimum absolute atomic E-state index is 0.250. The van der Waals surface area contributed by atoms with Crippen molar-refractivity contribution in [1.29, 1.82) is 0 Å². The zero-order valence-corrected chi connectivity index (χ0v) is 11.9. The van der Waals surface area contributed by atoms with E-state index in [1.165, 1.54) is 0 Å². The van der Waals surface area contributed by atoms with Gasteiger partial charge in [0.1, 0.15) is 5.60 Å². The maximum atomic E-state index is 10.8. The zero-order valence-electron chi connectivity index (χ0n) is 11.9. The maximum absolute atomic E-state index is 10.8. The second-order valence-electron chi connectivity index (χ2n) is 5.74. The van der Waals surface area contributed by atoms with Crippen molar-refractivity contribution >= 4 is 0 Å². The van der Waals surface area contributed by atoms with Crippen LogP contribution in [0.4, 0.5) is 0 Å². The second kappa shape index (κ2) is 6.01. The standard InChI is InChI=1S/C15H25N3O/c1-17(2)14-8-9-18(10-14)12-15(19,11-16)13-6-4-3-5-7-13/h3-7,14,19H,8-12,16H2,1-2H3. The first-order valence-corrected chi connectivity index (χ1v) is 6.92. The third-order valence-corrected chi connectivity index (χ3v) is 4.11. The molecule has 0 radical (unpaired) electrons. The van der Waals surface area contributed by atoms with Crippen molar-refractivity contribution in [2.24, 2.45) is 5.73 Å². The lowest BCUT2D eigenvalue weighted by Crippen LogP contribution is -2.46. The van der Waals surface area contributed by atoms with Gasteiger partial charge in [0.25, 0.3) is 0 Å². The van der Waals surface area contributed by atoms with Crippen LogP contribution in [0, 0.1) is 0 Å². The van der Waals surface area contributed by atoms with Gasteiger partial charge in [-0.3, -0.25) is 4.90 Å². The molecule has 1 aromatic rings. The van der Waals surface area contributed by atoms with E-state index in [1.54, 1.807) is 0 Å². The number of hydrogen-bond donors (Lipinski definition) is 2. The van der Waals surface area contributed by atoms with Gasteiger partial charge in [-0.15, -0.1) is 0 Å². The normalized spacial score (nSPS) is 23.7. The SMILES string of the molecule is CN(C)C1CCN(CC(O)(CN)c2ccccc2)C1. The second-order valence-corrected chi connectivity index (χ2v) is 5.74. The van der Waals surface area contributed by atoms with E-state index < -0.39 is 5.60 Å². The molecule has 0 aromatic heterocycles. The number of nitrogens with zero attached hydrogens (tertiary/aromatic N) is 2. The summed E-state index contributed by atoms with van der Waals surface area (Å²) in [6.45, 7) is 2.89. The van der Waals surface area contributed by atoms with Gasteiger partial charge in [0.05, 0.1) is 0 Å². The molecule has 4 heteroatoms. The van der Waals surface area contributed by atoms with Crippen LogP contribution < -0.4 is 5.73 Å². The third kappa shape index (κ3) is 3.34. The van der Waals surface area contributed by atoms with Crippen LogP contribution in [0.2, 0.25) is 0 Å². The minimum atomic E-state index is -0.942. The molecule has 0 saturated carbocycles. The lowest BCUT2D eigenvalue weighted by Gasteiger charge is -2.32. The molecule has 106 valence electrons. The summed E-state index contributed by atoms with van der Waals surface area (Å²) < 4.78 is 0. The van der Waals surface area contributed by atoms with Crippen molar-refractivity contribution < 1.29 is 5.11 Å². The van der Waals surface area contributed by atoms with Gasteiger partial charge in [-0.2, -0.15) is 0 Å². The van der Waals surface area contributed by atoms with E-state index in [-0.39, 0.29) is 6.54 Å². The fourth-order valence-corrected chi connectivity index (χ4v) is 2.77. The molecule has 1 aromatic carbocycles. The Labute approximate surface area is 115 Å². The summed E-state index contributed by atoms with van der Waals surface area (Å²) in [7, 11) is 4.22. The number of aliphatic hydroxyl groups is 1. The number of benzene rings is 1. The zero-order chi connectivity index (χ0) is 13.9. The molecule has 1 aliphatic rings. The molecule has 0 aliphatic carbocycles. The molecule has 1 aliphatic heterocycles. The number of likely N-dealkylation sites (tertiary alicyclic amines) is 1. The van der Waals surface area contributed by atoms with E-state index >= 15 is 0 Å². The first kappa shape index (κ1) is 14.5. The van der Waals surface area contributed by atoms with Crippen LogP contribution in [0.25, 0.3) is 0 Å². The van der Waals surface area contributed by atoms with Gasteiger partial charge in [0.15, 0.2) is 0 Å². The summed E-state index contributed by atoms with van der Waals surface area (Å²) in [6.07, 6.45) is 1.16. The molecule has 1 saturated heterocycles. The van der Waals surface area contributed by atoms with Crippen LogP contribution in [0.15, 0.2) is 30.3 Å². The number of likely N-dealkylation sites (N-methyl/N-ethyl adjacent to an activating group) is 1.